The van der Waals surface area contributed by atoms with Crippen molar-refractivity contribution in [3.63, 3.8) is 0 Å². The monoisotopic (exact) mass is 285 g/mol. The molecule has 2 N–H and O–H groups in total. The molecule has 0 spiro atoms. The summed E-state index contributed by atoms with van der Waals surface area (Å²) in [5.41, 5.74) is 1.58. The predicted molar refractivity (Wildman–Crippen MR) is 77.0 cm³/mol. The first-order chi connectivity index (χ1) is 10.1. The third-order valence-corrected chi connectivity index (χ3v) is 3.25. The van der Waals surface area contributed by atoms with Crippen LogP contribution in [0.5, 0.6) is 17.2 Å². The van der Waals surface area contributed by atoms with Gasteiger partial charge in [0.15, 0.2) is 11.5 Å². The average Bonchev–Trinajstić information content (AvgIpc) is 2.48. The lowest BCUT2D eigenvalue weighted by atomic mass is 10.1. The van der Waals surface area contributed by atoms with Crippen molar-refractivity contribution in [2.45, 2.75) is 0 Å². The number of aromatic nitrogens is 1. The Morgan fingerprint density at radius 3 is 2.43 bits per heavy atom. The highest BCUT2D eigenvalue weighted by Gasteiger charge is 2.14. The number of hydrogen-bond acceptors (Lipinski definition) is 4. The van der Waals surface area contributed by atoms with Gasteiger partial charge in [-0.2, -0.15) is 0 Å². The summed E-state index contributed by atoms with van der Waals surface area (Å²) in [5.74, 6) is -0.360. The van der Waals surface area contributed by atoms with Gasteiger partial charge < -0.3 is 14.9 Å². The molecule has 0 aliphatic rings. The van der Waals surface area contributed by atoms with Crippen LogP contribution in [0.25, 0.3) is 22.2 Å². The minimum absolute atomic E-state index is 0.115. The number of rotatable bonds is 2. The third-order valence-electron chi connectivity index (χ3n) is 3.25. The molecule has 5 heteroatoms. The molecule has 0 radical (unpaired) electrons. The van der Waals surface area contributed by atoms with Gasteiger partial charge in [-0.3, -0.25) is 0 Å². The minimum atomic E-state index is -0.342. The van der Waals surface area contributed by atoms with E-state index in [4.69, 9.17) is 4.74 Å². The molecule has 2 aromatic carbocycles. The van der Waals surface area contributed by atoms with Gasteiger partial charge in [-0.1, -0.05) is 0 Å². The molecule has 106 valence electrons. The molecule has 1 aromatic heterocycles. The Balaban J connectivity index is 2.22. The van der Waals surface area contributed by atoms with Crippen molar-refractivity contribution in [3.8, 4) is 28.5 Å². The van der Waals surface area contributed by atoms with Gasteiger partial charge in [0.2, 0.25) is 0 Å². The third kappa shape index (κ3) is 2.23. The lowest BCUT2D eigenvalue weighted by Crippen LogP contribution is -1.90. The molecule has 0 aliphatic heterocycles. The van der Waals surface area contributed by atoms with Crippen molar-refractivity contribution in [2.75, 3.05) is 7.11 Å². The summed E-state index contributed by atoms with van der Waals surface area (Å²) >= 11 is 0. The summed E-state index contributed by atoms with van der Waals surface area (Å²) in [6.07, 6.45) is 0. The van der Waals surface area contributed by atoms with E-state index in [1.54, 1.807) is 24.3 Å². The fraction of sp³-hybridized carbons (Fsp3) is 0.0625. The molecule has 0 amide bonds. The van der Waals surface area contributed by atoms with Gasteiger partial charge in [0, 0.05) is 11.6 Å². The number of nitrogens with zero attached hydrogens (tertiary/aromatic N) is 1. The van der Waals surface area contributed by atoms with E-state index in [1.807, 2.05) is 0 Å². The van der Waals surface area contributed by atoms with Gasteiger partial charge in [-0.05, 0) is 36.4 Å². The molecule has 0 fully saturated rings. The van der Waals surface area contributed by atoms with E-state index in [0.717, 1.165) is 0 Å². The number of halogens is 1. The van der Waals surface area contributed by atoms with Crippen molar-refractivity contribution >= 4 is 10.9 Å². The Kier molecular flexibility index (Phi) is 3.10. The molecule has 3 rings (SSSR count). The molecule has 4 nitrogen and oxygen atoms in total. The van der Waals surface area contributed by atoms with Crippen molar-refractivity contribution < 1.29 is 19.3 Å². The van der Waals surface area contributed by atoms with Crippen LogP contribution in [0.4, 0.5) is 4.39 Å². The summed E-state index contributed by atoms with van der Waals surface area (Å²) in [6.45, 7) is 0. The number of pyridine rings is 1. The normalized spacial score (nSPS) is 10.8. The zero-order chi connectivity index (χ0) is 15.0. The summed E-state index contributed by atoms with van der Waals surface area (Å²) in [6, 6.07) is 10.4. The first-order valence-electron chi connectivity index (χ1n) is 6.26. The zero-order valence-electron chi connectivity index (χ0n) is 11.2. The first kappa shape index (κ1) is 13.2. The number of benzene rings is 2. The van der Waals surface area contributed by atoms with E-state index in [9.17, 15) is 14.6 Å². The van der Waals surface area contributed by atoms with Gasteiger partial charge in [0.05, 0.1) is 23.7 Å². The van der Waals surface area contributed by atoms with E-state index in [0.29, 0.717) is 16.8 Å². The second kappa shape index (κ2) is 4.94. The van der Waals surface area contributed by atoms with Crippen molar-refractivity contribution in [3.05, 3.63) is 48.3 Å². The van der Waals surface area contributed by atoms with E-state index in [1.165, 1.54) is 25.3 Å². The molecule has 0 saturated carbocycles. The van der Waals surface area contributed by atoms with Crippen LogP contribution in [-0.4, -0.2) is 22.3 Å². The van der Waals surface area contributed by atoms with Crippen LogP contribution in [0.15, 0.2) is 42.5 Å². The molecule has 21 heavy (non-hydrogen) atoms. The highest BCUT2D eigenvalue weighted by Crippen LogP contribution is 2.40. The molecule has 1 heterocycles. The molecule has 0 unspecified atom stereocenters. The van der Waals surface area contributed by atoms with Crippen LogP contribution in [-0.2, 0) is 0 Å². The molecule has 3 aromatic rings. The lowest BCUT2D eigenvalue weighted by molar-refractivity contribution is 0.375. The number of phenols is 1. The van der Waals surface area contributed by atoms with E-state index in [-0.39, 0.29) is 28.5 Å². The van der Waals surface area contributed by atoms with Crippen LogP contribution < -0.4 is 4.74 Å². The van der Waals surface area contributed by atoms with Crippen LogP contribution in [0, 0.1) is 5.82 Å². The zero-order valence-corrected chi connectivity index (χ0v) is 11.2. The quantitative estimate of drug-likeness (QED) is 0.757. The SMILES string of the molecule is COc1ccc2nc(-c3ccc(F)cc3)cc(O)c2c1O. The minimum Gasteiger partial charge on any atom is -0.507 e. The first-order valence-corrected chi connectivity index (χ1v) is 6.26. The van der Waals surface area contributed by atoms with Crippen LogP contribution >= 0.6 is 0 Å². The molecular formula is C16H12FNO3. The molecule has 0 aliphatic carbocycles. The smallest absolute Gasteiger partial charge is 0.171 e. The Bertz CT molecular complexity index is 816. The summed E-state index contributed by atoms with van der Waals surface area (Å²) in [7, 11) is 1.43. The lowest BCUT2D eigenvalue weighted by Gasteiger charge is -2.10. The van der Waals surface area contributed by atoms with E-state index in [2.05, 4.69) is 4.98 Å². The fourth-order valence-corrected chi connectivity index (χ4v) is 2.20. The van der Waals surface area contributed by atoms with Crippen molar-refractivity contribution in [2.24, 2.45) is 0 Å². The fourth-order valence-electron chi connectivity index (χ4n) is 2.20. The Morgan fingerprint density at radius 2 is 1.76 bits per heavy atom. The van der Waals surface area contributed by atoms with Gasteiger partial charge in [0.25, 0.3) is 0 Å². The summed E-state index contributed by atoms with van der Waals surface area (Å²) in [4.78, 5) is 4.37. The van der Waals surface area contributed by atoms with E-state index >= 15 is 0 Å². The van der Waals surface area contributed by atoms with Crippen LogP contribution in [0.3, 0.4) is 0 Å². The molecule has 0 atom stereocenters. The standard InChI is InChI=1S/C16H12FNO3/c1-21-14-7-6-11-15(16(14)20)13(19)8-12(18-11)9-2-4-10(17)5-3-9/h2-8,20H,1H3,(H,18,19). The molecule has 0 saturated heterocycles. The van der Waals surface area contributed by atoms with Gasteiger partial charge in [-0.15, -0.1) is 0 Å². The maximum atomic E-state index is 13.0. The van der Waals surface area contributed by atoms with Crippen LogP contribution in [0.2, 0.25) is 0 Å². The van der Waals surface area contributed by atoms with Gasteiger partial charge >= 0.3 is 0 Å². The Morgan fingerprint density at radius 1 is 1.05 bits per heavy atom. The number of aromatic hydroxyl groups is 2. The second-order valence-electron chi connectivity index (χ2n) is 4.54. The highest BCUT2D eigenvalue weighted by atomic mass is 19.1. The number of phenolic OH excluding ortho intramolecular Hbond substituents is 1. The van der Waals surface area contributed by atoms with Crippen molar-refractivity contribution in [1.82, 2.24) is 4.98 Å². The second-order valence-corrected chi connectivity index (χ2v) is 4.54. The molecule has 0 bridgehead atoms. The Hall–Kier alpha value is -2.82. The maximum Gasteiger partial charge on any atom is 0.171 e. The van der Waals surface area contributed by atoms with Gasteiger partial charge in [-0.25, -0.2) is 9.37 Å². The summed E-state index contributed by atoms with van der Waals surface area (Å²) in [5, 5.41) is 20.4. The number of fused-ring (bicyclic) bond motifs is 1. The number of ether oxygens (including phenoxy) is 1. The number of hydrogen-bond donors (Lipinski definition) is 2. The largest absolute Gasteiger partial charge is 0.507 e. The topological polar surface area (TPSA) is 62.6 Å². The Labute approximate surface area is 120 Å². The molecular weight excluding hydrogens is 273 g/mol. The maximum absolute atomic E-state index is 13.0. The number of methoxy groups -OCH3 is 1. The van der Waals surface area contributed by atoms with Gasteiger partial charge in [0.1, 0.15) is 11.6 Å². The van der Waals surface area contributed by atoms with Crippen molar-refractivity contribution in [1.29, 1.82) is 0 Å². The summed E-state index contributed by atoms with van der Waals surface area (Å²) < 4.78 is 18.0. The van der Waals surface area contributed by atoms with Crippen LogP contribution in [0.1, 0.15) is 0 Å². The average molecular weight is 285 g/mol. The predicted octanol–water partition coefficient (Wildman–Crippen LogP) is 3.46. The van der Waals surface area contributed by atoms with E-state index < -0.39 is 0 Å². The highest BCUT2D eigenvalue weighted by molar-refractivity contribution is 5.94.